The number of carbonyl (C=O) groups is 1. The molecule has 1 rings (SSSR count). The quantitative estimate of drug-likeness (QED) is 0.493. The van der Waals surface area contributed by atoms with Gasteiger partial charge >= 0.3 is 5.97 Å². The Bertz CT molecular complexity index is 241. The first kappa shape index (κ1) is 10.3. The molecule has 0 aliphatic heterocycles. The fourth-order valence-corrected chi connectivity index (χ4v) is 1.65. The molecule has 0 aromatic rings. The van der Waals surface area contributed by atoms with Crippen LogP contribution < -0.4 is 0 Å². The van der Waals surface area contributed by atoms with E-state index in [4.69, 9.17) is 0 Å². The highest BCUT2D eigenvalue weighted by Crippen LogP contribution is 2.42. The summed E-state index contributed by atoms with van der Waals surface area (Å²) in [6.45, 7) is 3.89. The molecule has 0 saturated heterocycles. The van der Waals surface area contributed by atoms with Crippen molar-refractivity contribution in [3.8, 4) is 0 Å². The van der Waals surface area contributed by atoms with Gasteiger partial charge in [0.15, 0.2) is 0 Å². The summed E-state index contributed by atoms with van der Waals surface area (Å²) >= 11 is 0. The van der Waals surface area contributed by atoms with Crippen LogP contribution in [0.1, 0.15) is 26.7 Å². The van der Waals surface area contributed by atoms with Crippen LogP contribution in [-0.4, -0.2) is 24.3 Å². The highest BCUT2D eigenvalue weighted by molar-refractivity contribution is 5.83. The van der Waals surface area contributed by atoms with Gasteiger partial charge in [0.25, 0.3) is 0 Å². The average Bonchev–Trinajstić information content (AvgIpc) is 2.31. The fraction of sp³-hybridized carbons (Fsp3) is 0.700. The standard InChI is InChI=1S/C10H16O3/c1-10(2)7(4-5-8(10)11)6-9(12)13-3/h6,8,11H,4-5H2,1-3H3/b7-6-. The molecule has 0 aromatic heterocycles. The number of rotatable bonds is 1. The fourth-order valence-electron chi connectivity index (χ4n) is 1.65. The molecular weight excluding hydrogens is 168 g/mol. The van der Waals surface area contributed by atoms with E-state index in [1.54, 1.807) is 0 Å². The number of methoxy groups -OCH3 is 1. The average molecular weight is 184 g/mol. The Kier molecular flexibility index (Phi) is 2.76. The van der Waals surface area contributed by atoms with Gasteiger partial charge in [-0.25, -0.2) is 4.79 Å². The SMILES string of the molecule is COC(=O)/C=C1/CCC(O)C1(C)C. The van der Waals surface area contributed by atoms with Crippen LogP contribution >= 0.6 is 0 Å². The summed E-state index contributed by atoms with van der Waals surface area (Å²) in [4.78, 5) is 11.0. The first-order valence-corrected chi connectivity index (χ1v) is 4.45. The summed E-state index contributed by atoms with van der Waals surface area (Å²) in [5.74, 6) is -0.336. The molecule has 0 heterocycles. The summed E-state index contributed by atoms with van der Waals surface area (Å²) in [6.07, 6.45) is 2.67. The van der Waals surface area contributed by atoms with Crippen LogP contribution in [0.3, 0.4) is 0 Å². The Balaban J connectivity index is 2.83. The van der Waals surface area contributed by atoms with Gasteiger partial charge in [-0.05, 0) is 12.8 Å². The molecule has 1 atom stereocenters. The molecule has 3 heteroatoms. The number of aliphatic hydroxyl groups is 1. The van der Waals surface area contributed by atoms with E-state index in [0.29, 0.717) is 0 Å². The third kappa shape index (κ3) is 1.91. The van der Waals surface area contributed by atoms with Gasteiger partial charge < -0.3 is 9.84 Å². The largest absolute Gasteiger partial charge is 0.466 e. The van der Waals surface area contributed by atoms with Crippen molar-refractivity contribution in [3.05, 3.63) is 11.6 Å². The Morgan fingerprint density at radius 1 is 1.69 bits per heavy atom. The monoisotopic (exact) mass is 184 g/mol. The van der Waals surface area contributed by atoms with Crippen molar-refractivity contribution in [2.45, 2.75) is 32.8 Å². The second-order valence-electron chi connectivity index (χ2n) is 3.97. The molecule has 0 amide bonds. The first-order valence-electron chi connectivity index (χ1n) is 4.45. The molecule has 1 saturated carbocycles. The van der Waals surface area contributed by atoms with Crippen LogP contribution in [0.4, 0.5) is 0 Å². The van der Waals surface area contributed by atoms with Crippen LogP contribution in [0.25, 0.3) is 0 Å². The van der Waals surface area contributed by atoms with E-state index in [9.17, 15) is 9.90 Å². The normalized spacial score (nSPS) is 29.2. The van der Waals surface area contributed by atoms with Gasteiger partial charge in [-0.1, -0.05) is 19.4 Å². The van der Waals surface area contributed by atoms with E-state index in [1.807, 2.05) is 13.8 Å². The van der Waals surface area contributed by atoms with Gasteiger partial charge in [0.05, 0.1) is 13.2 Å². The maximum atomic E-state index is 11.0. The molecule has 1 N–H and O–H groups in total. The lowest BCUT2D eigenvalue weighted by atomic mass is 9.85. The summed E-state index contributed by atoms with van der Waals surface area (Å²) in [7, 11) is 1.36. The van der Waals surface area contributed by atoms with Gasteiger partial charge in [-0.15, -0.1) is 0 Å². The molecule has 1 aliphatic carbocycles. The molecule has 0 bridgehead atoms. The molecule has 0 aromatic carbocycles. The molecule has 13 heavy (non-hydrogen) atoms. The zero-order valence-corrected chi connectivity index (χ0v) is 8.33. The number of esters is 1. The second kappa shape index (κ2) is 3.50. The van der Waals surface area contributed by atoms with Crippen molar-refractivity contribution >= 4 is 5.97 Å². The van der Waals surface area contributed by atoms with Crippen LogP contribution in [0, 0.1) is 5.41 Å². The minimum absolute atomic E-state index is 0.284. The van der Waals surface area contributed by atoms with Gasteiger partial charge in [0.2, 0.25) is 0 Å². The predicted molar refractivity (Wildman–Crippen MR) is 49.1 cm³/mol. The minimum atomic E-state index is -0.344. The molecule has 3 nitrogen and oxygen atoms in total. The van der Waals surface area contributed by atoms with Gasteiger partial charge in [0.1, 0.15) is 0 Å². The van der Waals surface area contributed by atoms with Crippen molar-refractivity contribution in [1.29, 1.82) is 0 Å². The summed E-state index contributed by atoms with van der Waals surface area (Å²) in [5, 5.41) is 9.62. The van der Waals surface area contributed by atoms with Crippen LogP contribution in [0.5, 0.6) is 0 Å². The Morgan fingerprint density at radius 2 is 2.31 bits per heavy atom. The van der Waals surface area contributed by atoms with Gasteiger partial charge in [0, 0.05) is 11.5 Å². The van der Waals surface area contributed by atoms with E-state index < -0.39 is 0 Å². The third-order valence-corrected chi connectivity index (χ3v) is 2.84. The Hall–Kier alpha value is -0.830. The summed E-state index contributed by atoms with van der Waals surface area (Å²) in [5.41, 5.74) is 0.695. The van der Waals surface area contributed by atoms with E-state index in [-0.39, 0.29) is 17.5 Å². The van der Waals surface area contributed by atoms with Crippen LogP contribution in [-0.2, 0) is 9.53 Å². The number of hydrogen-bond acceptors (Lipinski definition) is 3. The van der Waals surface area contributed by atoms with E-state index >= 15 is 0 Å². The van der Waals surface area contributed by atoms with Crippen molar-refractivity contribution in [3.63, 3.8) is 0 Å². The lowest BCUT2D eigenvalue weighted by Gasteiger charge is -2.24. The number of aliphatic hydroxyl groups excluding tert-OH is 1. The van der Waals surface area contributed by atoms with Crippen LogP contribution in [0.15, 0.2) is 11.6 Å². The van der Waals surface area contributed by atoms with Crippen LogP contribution in [0.2, 0.25) is 0 Å². The Labute approximate surface area is 78.4 Å². The maximum absolute atomic E-state index is 11.0. The molecule has 74 valence electrons. The third-order valence-electron chi connectivity index (χ3n) is 2.84. The molecule has 1 fully saturated rings. The molecule has 0 spiro atoms. The van der Waals surface area contributed by atoms with Gasteiger partial charge in [-0.3, -0.25) is 0 Å². The summed E-state index contributed by atoms with van der Waals surface area (Å²) in [6, 6.07) is 0. The smallest absolute Gasteiger partial charge is 0.330 e. The highest BCUT2D eigenvalue weighted by atomic mass is 16.5. The zero-order valence-electron chi connectivity index (χ0n) is 8.33. The van der Waals surface area contributed by atoms with Crippen molar-refractivity contribution in [2.24, 2.45) is 5.41 Å². The van der Waals surface area contributed by atoms with Gasteiger partial charge in [-0.2, -0.15) is 0 Å². The lowest BCUT2D eigenvalue weighted by molar-refractivity contribution is -0.134. The zero-order chi connectivity index (χ0) is 10.1. The Morgan fingerprint density at radius 3 is 2.69 bits per heavy atom. The number of hydrogen-bond donors (Lipinski definition) is 1. The number of ether oxygens (including phenoxy) is 1. The number of carbonyl (C=O) groups excluding carboxylic acids is 1. The van der Waals surface area contributed by atoms with Crippen molar-refractivity contribution < 1.29 is 14.6 Å². The minimum Gasteiger partial charge on any atom is -0.466 e. The van der Waals surface area contributed by atoms with E-state index in [2.05, 4.69) is 4.74 Å². The molecular formula is C10H16O3. The highest BCUT2D eigenvalue weighted by Gasteiger charge is 2.37. The van der Waals surface area contributed by atoms with E-state index in [0.717, 1.165) is 18.4 Å². The van der Waals surface area contributed by atoms with E-state index in [1.165, 1.54) is 13.2 Å². The van der Waals surface area contributed by atoms with Crippen molar-refractivity contribution in [2.75, 3.05) is 7.11 Å². The van der Waals surface area contributed by atoms with Crippen molar-refractivity contribution in [1.82, 2.24) is 0 Å². The maximum Gasteiger partial charge on any atom is 0.330 e. The molecule has 0 radical (unpaired) electrons. The second-order valence-corrected chi connectivity index (χ2v) is 3.97. The first-order chi connectivity index (χ1) is 5.98. The topological polar surface area (TPSA) is 46.5 Å². The lowest BCUT2D eigenvalue weighted by Crippen LogP contribution is -2.24. The predicted octanol–water partition coefficient (Wildman–Crippen LogP) is 1.27. The molecule has 1 aliphatic rings. The molecule has 1 unspecified atom stereocenters. The summed E-state index contributed by atoms with van der Waals surface area (Å²) < 4.78 is 4.54.